The standard InChI is InChI=1S/C21H25N9O9P2S2/c22-16-10-1-2-29(17(10)25-7-24-16)14-4-11-13(37-14)6-35-41(33,43)39-12-3-9(5-34-40(32,42)38-11)36-20(12)30-8-26-15-18(30)27-21(23)28-19(15)31/h1-2,7-9,11-14,20H,3-6H2,(H,32,42)(H,33,43)(H2,22,24,25)(H3,23,27,28,31)/t9-,11-,12+,13+,14+,20+,40+,41+/m0/s1. The van der Waals surface area contributed by atoms with Crippen LogP contribution in [-0.4, -0.2) is 71.7 Å². The highest BCUT2D eigenvalue weighted by atomic mass is 32.7. The number of nitrogens with one attached hydrogen (secondary N) is 1. The number of nitrogens with zero attached hydrogens (tertiary/aromatic N) is 6. The zero-order chi connectivity index (χ0) is 30.1. The van der Waals surface area contributed by atoms with Gasteiger partial charge in [-0.05, 0) is 6.07 Å². The summed E-state index contributed by atoms with van der Waals surface area (Å²) in [5, 5.41) is 0.625. The third kappa shape index (κ3) is 5.61. The molecule has 3 saturated heterocycles. The van der Waals surface area contributed by atoms with Gasteiger partial charge in [-0.1, -0.05) is 24.5 Å². The van der Waals surface area contributed by atoms with Crippen LogP contribution in [0.5, 0.6) is 0 Å². The van der Waals surface area contributed by atoms with Crippen molar-refractivity contribution in [1.29, 1.82) is 0 Å². The van der Waals surface area contributed by atoms with E-state index >= 15 is 0 Å². The van der Waals surface area contributed by atoms with Gasteiger partial charge in [-0.3, -0.25) is 32.4 Å². The number of hydrogen-bond acceptors (Lipinski definition) is 15. The summed E-state index contributed by atoms with van der Waals surface area (Å²) in [6, 6.07) is 1.75. The van der Waals surface area contributed by atoms with E-state index in [1.165, 1.54) is 17.2 Å². The molecule has 0 aromatic carbocycles. The topological polar surface area (TPSA) is 236 Å². The number of thiol groups is 2. The van der Waals surface area contributed by atoms with Crippen LogP contribution in [0.3, 0.4) is 0 Å². The minimum absolute atomic E-state index is 0.00724. The van der Waals surface area contributed by atoms with E-state index in [2.05, 4.69) is 49.4 Å². The number of anilines is 2. The average molecular weight is 674 g/mol. The first-order valence-electron chi connectivity index (χ1n) is 12.9. The number of rotatable bonds is 2. The Bertz CT molecular complexity index is 1870. The summed E-state index contributed by atoms with van der Waals surface area (Å²) in [7, 11) is 0. The Morgan fingerprint density at radius 2 is 1.70 bits per heavy atom. The van der Waals surface area contributed by atoms with Crippen LogP contribution in [0, 0.1) is 0 Å². The molecule has 0 saturated carbocycles. The maximum atomic E-state index is 13.5. The van der Waals surface area contributed by atoms with Crippen LogP contribution in [0.4, 0.5) is 11.8 Å². The Hall–Kier alpha value is -2.51. The van der Waals surface area contributed by atoms with Crippen molar-refractivity contribution in [3.05, 3.63) is 35.3 Å². The molecule has 7 rings (SSSR count). The first-order valence-corrected chi connectivity index (χ1v) is 18.3. The van der Waals surface area contributed by atoms with Gasteiger partial charge in [0.05, 0.1) is 31.0 Å². The van der Waals surface area contributed by atoms with Crippen LogP contribution in [0.2, 0.25) is 0 Å². The number of fused-ring (bicyclic) bond motifs is 5. The number of aromatic amines is 1. The molecule has 22 heteroatoms. The summed E-state index contributed by atoms with van der Waals surface area (Å²) < 4.78 is 65.2. The molecule has 3 aliphatic rings. The van der Waals surface area contributed by atoms with Gasteiger partial charge in [-0.2, -0.15) is 4.98 Å². The quantitative estimate of drug-likeness (QED) is 0.151. The molecule has 5 N–H and O–H groups in total. The number of imidazole rings is 1. The monoisotopic (exact) mass is 673 g/mol. The van der Waals surface area contributed by atoms with Crippen molar-refractivity contribution in [2.75, 3.05) is 24.7 Å². The third-order valence-electron chi connectivity index (χ3n) is 7.26. The number of hydrogen-bond donors (Lipinski definition) is 5. The molecule has 7 heterocycles. The van der Waals surface area contributed by atoms with Crippen LogP contribution < -0.4 is 17.0 Å². The molecular weight excluding hydrogens is 648 g/mol. The Kier molecular flexibility index (Phi) is 7.36. The number of ether oxygens (including phenoxy) is 2. The molecule has 3 fully saturated rings. The smallest absolute Gasteiger partial charge is 0.383 e. The second-order valence-electron chi connectivity index (χ2n) is 10.1. The van der Waals surface area contributed by atoms with E-state index in [-0.39, 0.29) is 43.2 Å². The summed E-state index contributed by atoms with van der Waals surface area (Å²) in [5.41, 5.74) is 11.8. The lowest BCUT2D eigenvalue weighted by Gasteiger charge is -2.26. The molecule has 2 bridgehead atoms. The fraction of sp³-hybridized carbons (Fsp3) is 0.476. The largest absolute Gasteiger partial charge is 0.386 e. The molecule has 3 aliphatic heterocycles. The fourth-order valence-electron chi connectivity index (χ4n) is 5.40. The summed E-state index contributed by atoms with van der Waals surface area (Å²) >= 11 is 8.38. The number of aromatic nitrogens is 7. The van der Waals surface area contributed by atoms with Crippen molar-refractivity contribution in [2.24, 2.45) is 0 Å². The SMILES string of the molecule is Nc1nc2c(ncn2[C@@H]2O[C@@H]3CO[P@@](=O)(S)O[C@H]4C[C@H](n5ccc6c(N)ncnc65)O[C@@H]4CO[P@@](=O)(S)O[C@@H]2C3)c(=O)[nH]1. The molecule has 0 unspecified atom stereocenters. The summed E-state index contributed by atoms with van der Waals surface area (Å²) in [5.74, 6) is 0.163. The molecule has 0 radical (unpaired) electrons. The second kappa shape index (κ2) is 10.8. The molecule has 8 atom stereocenters. The van der Waals surface area contributed by atoms with Crippen LogP contribution in [0.15, 0.2) is 29.7 Å². The van der Waals surface area contributed by atoms with Crippen molar-refractivity contribution in [3.8, 4) is 0 Å². The number of H-pyrrole nitrogens is 1. The minimum atomic E-state index is -4.06. The predicted molar refractivity (Wildman–Crippen MR) is 156 cm³/mol. The van der Waals surface area contributed by atoms with Crippen molar-refractivity contribution >= 4 is 72.1 Å². The Morgan fingerprint density at radius 1 is 0.930 bits per heavy atom. The highest BCUT2D eigenvalue weighted by Crippen LogP contribution is 2.60. The van der Waals surface area contributed by atoms with E-state index in [0.717, 1.165) is 0 Å². The summed E-state index contributed by atoms with van der Waals surface area (Å²) in [4.78, 5) is 31.2. The molecule has 4 aromatic heterocycles. The third-order valence-corrected chi connectivity index (χ3v) is 10.5. The van der Waals surface area contributed by atoms with E-state index in [4.69, 9.17) is 39.0 Å². The molecule has 0 amide bonds. The molecule has 43 heavy (non-hydrogen) atoms. The van der Waals surface area contributed by atoms with Gasteiger partial charge in [0.2, 0.25) is 5.95 Å². The lowest BCUT2D eigenvalue weighted by molar-refractivity contribution is -0.0556. The van der Waals surface area contributed by atoms with Crippen LogP contribution in [-0.2, 0) is 36.7 Å². The molecule has 0 aliphatic carbocycles. The fourth-order valence-corrected chi connectivity index (χ4v) is 8.43. The molecule has 4 aromatic rings. The summed E-state index contributed by atoms with van der Waals surface area (Å²) in [6.07, 6.45) is -0.364. The van der Waals surface area contributed by atoms with E-state index in [0.29, 0.717) is 16.9 Å². The van der Waals surface area contributed by atoms with Crippen molar-refractivity contribution in [1.82, 2.24) is 34.1 Å². The van der Waals surface area contributed by atoms with Gasteiger partial charge in [0, 0.05) is 19.0 Å². The molecule has 18 nitrogen and oxygen atoms in total. The maximum absolute atomic E-state index is 13.5. The van der Waals surface area contributed by atoms with E-state index < -0.39 is 56.0 Å². The highest BCUT2D eigenvalue weighted by molar-refractivity contribution is 8.44. The van der Waals surface area contributed by atoms with Crippen molar-refractivity contribution in [3.63, 3.8) is 0 Å². The minimum Gasteiger partial charge on any atom is -0.383 e. The van der Waals surface area contributed by atoms with Gasteiger partial charge in [-0.25, -0.2) is 24.1 Å². The van der Waals surface area contributed by atoms with Crippen LogP contribution in [0.1, 0.15) is 25.3 Å². The van der Waals surface area contributed by atoms with Crippen molar-refractivity contribution in [2.45, 2.75) is 49.7 Å². The molecular formula is C21H25N9O9P2S2. The lowest BCUT2D eigenvalue weighted by Crippen LogP contribution is -2.28. The summed E-state index contributed by atoms with van der Waals surface area (Å²) in [6.45, 7) is -8.58. The molecule has 230 valence electrons. The Labute approximate surface area is 252 Å². The second-order valence-corrected chi connectivity index (χ2v) is 15.8. The number of nitrogens with two attached hydrogens (primary N) is 2. The van der Waals surface area contributed by atoms with Gasteiger partial charge in [0.15, 0.2) is 17.4 Å². The van der Waals surface area contributed by atoms with Crippen molar-refractivity contribution < 1.29 is 36.7 Å². The van der Waals surface area contributed by atoms with Gasteiger partial charge >= 0.3 is 13.6 Å². The van der Waals surface area contributed by atoms with Gasteiger partial charge in [0.25, 0.3) is 5.56 Å². The highest BCUT2D eigenvalue weighted by Gasteiger charge is 2.46. The van der Waals surface area contributed by atoms with Gasteiger partial charge in [0.1, 0.15) is 42.3 Å². The van der Waals surface area contributed by atoms with E-state index in [1.807, 2.05) is 0 Å². The average Bonchev–Trinajstić information content (AvgIpc) is 3.71. The number of nitrogen functional groups attached to an aromatic ring is 2. The lowest BCUT2D eigenvalue weighted by atomic mass is 10.2. The first kappa shape index (κ1) is 29.2. The van der Waals surface area contributed by atoms with Crippen LogP contribution >= 0.6 is 38.1 Å². The maximum Gasteiger partial charge on any atom is 0.386 e. The Morgan fingerprint density at radius 3 is 2.51 bits per heavy atom. The zero-order valence-corrected chi connectivity index (χ0v) is 25.5. The van der Waals surface area contributed by atoms with Gasteiger partial charge in [-0.15, -0.1) is 0 Å². The van der Waals surface area contributed by atoms with E-state index in [9.17, 15) is 13.9 Å². The first-order chi connectivity index (χ1) is 20.5. The zero-order valence-electron chi connectivity index (χ0n) is 21.9. The predicted octanol–water partition coefficient (Wildman–Crippen LogP) is 2.20. The normalized spacial score (nSPS) is 35.4. The Balaban J connectivity index is 1.17. The van der Waals surface area contributed by atoms with Crippen LogP contribution in [0.25, 0.3) is 22.2 Å². The van der Waals surface area contributed by atoms with E-state index in [1.54, 1.807) is 16.8 Å². The van der Waals surface area contributed by atoms with Gasteiger partial charge < -0.3 is 25.5 Å². The molecule has 0 spiro atoms.